The van der Waals surface area contributed by atoms with E-state index in [1.54, 1.807) is 4.68 Å². The van der Waals surface area contributed by atoms with E-state index in [0.717, 1.165) is 88.2 Å². The van der Waals surface area contributed by atoms with Crippen LogP contribution in [0, 0.1) is 0 Å². The van der Waals surface area contributed by atoms with Crippen molar-refractivity contribution in [3.05, 3.63) is 29.8 Å². The molecule has 1 aromatic carbocycles. The van der Waals surface area contributed by atoms with Gasteiger partial charge in [0.15, 0.2) is 5.65 Å². The van der Waals surface area contributed by atoms with Gasteiger partial charge in [-0.1, -0.05) is 38.1 Å². The van der Waals surface area contributed by atoms with Gasteiger partial charge < -0.3 is 15.4 Å². The first-order valence-corrected chi connectivity index (χ1v) is 12.4. The molecule has 34 heavy (non-hydrogen) atoms. The van der Waals surface area contributed by atoms with Gasteiger partial charge in [-0.15, -0.1) is 0 Å². The summed E-state index contributed by atoms with van der Waals surface area (Å²) < 4.78 is 7.15. The van der Waals surface area contributed by atoms with Crippen molar-refractivity contribution in [2.45, 2.75) is 19.8 Å². The zero-order valence-corrected chi connectivity index (χ0v) is 20.6. The van der Waals surface area contributed by atoms with Crippen LogP contribution in [0.5, 0.6) is 0 Å². The summed E-state index contributed by atoms with van der Waals surface area (Å²) >= 11 is 0. The Labute approximate surface area is 201 Å². The molecule has 2 aliphatic heterocycles. The van der Waals surface area contributed by atoms with Gasteiger partial charge in [0.25, 0.3) is 0 Å². The first-order valence-electron chi connectivity index (χ1n) is 12.4. The third-order valence-corrected chi connectivity index (χ3v) is 7.07. The molecule has 3 aromatic rings. The summed E-state index contributed by atoms with van der Waals surface area (Å²) in [7, 11) is 1.86. The molecular weight excluding hydrogens is 428 g/mol. The van der Waals surface area contributed by atoms with E-state index in [-0.39, 0.29) is 0 Å². The average molecular weight is 465 g/mol. The maximum Gasteiger partial charge on any atom is 0.228 e. The van der Waals surface area contributed by atoms with Crippen LogP contribution >= 0.6 is 0 Å². The fraction of sp³-hybridized carbons (Fsp3) is 0.560. The highest BCUT2D eigenvalue weighted by Gasteiger charge is 2.23. The number of hydrogen-bond acceptors (Lipinski definition) is 8. The summed E-state index contributed by atoms with van der Waals surface area (Å²) in [6.45, 7) is 14.2. The lowest BCUT2D eigenvalue weighted by atomic mass is 10.00. The fourth-order valence-corrected chi connectivity index (χ4v) is 4.76. The number of aromatic nitrogens is 4. The topological polar surface area (TPSA) is 88.6 Å². The Morgan fingerprint density at radius 2 is 1.56 bits per heavy atom. The maximum atomic E-state index is 6.38. The largest absolute Gasteiger partial charge is 0.383 e. The highest BCUT2D eigenvalue weighted by Crippen LogP contribution is 2.32. The van der Waals surface area contributed by atoms with Crippen molar-refractivity contribution >= 4 is 22.8 Å². The van der Waals surface area contributed by atoms with Crippen molar-refractivity contribution in [3.63, 3.8) is 0 Å². The quantitative estimate of drug-likeness (QED) is 0.594. The Morgan fingerprint density at radius 3 is 2.21 bits per heavy atom. The Hall–Kier alpha value is -2.75. The van der Waals surface area contributed by atoms with Crippen LogP contribution in [0.2, 0.25) is 0 Å². The number of nitrogens with zero attached hydrogens (tertiary/aromatic N) is 7. The molecule has 4 heterocycles. The summed E-state index contributed by atoms with van der Waals surface area (Å²) in [5.74, 6) is 1.82. The number of ether oxygens (including phenoxy) is 1. The zero-order valence-electron chi connectivity index (χ0n) is 20.6. The van der Waals surface area contributed by atoms with Gasteiger partial charge in [0.1, 0.15) is 5.82 Å². The fourth-order valence-electron chi connectivity index (χ4n) is 4.76. The van der Waals surface area contributed by atoms with Crippen LogP contribution in [0.1, 0.15) is 25.3 Å². The van der Waals surface area contributed by atoms with E-state index in [0.29, 0.717) is 17.4 Å². The number of anilines is 2. The third-order valence-electron chi connectivity index (χ3n) is 7.07. The molecule has 0 spiro atoms. The summed E-state index contributed by atoms with van der Waals surface area (Å²) in [4.78, 5) is 17.2. The molecule has 0 atom stereocenters. The Bertz CT molecular complexity index is 1110. The van der Waals surface area contributed by atoms with Crippen molar-refractivity contribution in [2.24, 2.45) is 7.05 Å². The molecule has 9 heteroatoms. The van der Waals surface area contributed by atoms with Crippen molar-refractivity contribution in [1.82, 2.24) is 29.5 Å². The molecular formula is C25H36N8O. The van der Waals surface area contributed by atoms with Gasteiger partial charge in [0, 0.05) is 65.0 Å². The van der Waals surface area contributed by atoms with Crippen LogP contribution in [-0.2, 0) is 11.8 Å². The van der Waals surface area contributed by atoms with Crippen molar-refractivity contribution in [1.29, 1.82) is 0 Å². The zero-order chi connectivity index (χ0) is 23.7. The summed E-state index contributed by atoms with van der Waals surface area (Å²) in [5.41, 5.74) is 10.2. The second-order valence-electron chi connectivity index (χ2n) is 9.64. The Kier molecular flexibility index (Phi) is 6.67. The molecule has 2 saturated heterocycles. The number of nitrogen functional groups attached to an aromatic ring is 1. The second-order valence-corrected chi connectivity index (χ2v) is 9.64. The van der Waals surface area contributed by atoms with E-state index in [1.807, 2.05) is 7.05 Å². The minimum Gasteiger partial charge on any atom is -0.383 e. The van der Waals surface area contributed by atoms with Gasteiger partial charge in [0.2, 0.25) is 5.95 Å². The number of piperazine rings is 1. The van der Waals surface area contributed by atoms with Crippen LogP contribution in [0.15, 0.2) is 24.3 Å². The van der Waals surface area contributed by atoms with E-state index in [1.165, 1.54) is 5.56 Å². The summed E-state index contributed by atoms with van der Waals surface area (Å²) in [6, 6.07) is 8.62. The molecule has 0 amide bonds. The molecule has 2 aromatic heterocycles. The lowest BCUT2D eigenvalue weighted by Crippen LogP contribution is -2.49. The predicted molar refractivity (Wildman–Crippen MR) is 136 cm³/mol. The minimum atomic E-state index is 0.484. The highest BCUT2D eigenvalue weighted by atomic mass is 16.5. The van der Waals surface area contributed by atoms with Gasteiger partial charge in [-0.25, -0.2) is 4.98 Å². The first kappa shape index (κ1) is 23.0. The van der Waals surface area contributed by atoms with Gasteiger partial charge in [-0.05, 0) is 11.5 Å². The minimum absolute atomic E-state index is 0.484. The average Bonchev–Trinajstić information content (AvgIpc) is 3.16. The molecule has 2 aliphatic rings. The molecule has 0 aliphatic carbocycles. The van der Waals surface area contributed by atoms with E-state index in [4.69, 9.17) is 20.4 Å². The van der Waals surface area contributed by atoms with E-state index < -0.39 is 0 Å². The van der Waals surface area contributed by atoms with Gasteiger partial charge in [-0.3, -0.25) is 14.5 Å². The molecule has 5 rings (SSSR count). The normalized spacial score (nSPS) is 18.3. The SMILES string of the molecule is CC(C)c1ccc(-c2nc(N3CCN(CCN4CCOCC4)CC3)nc3nn(C)c(N)c23)cc1. The predicted octanol–water partition coefficient (Wildman–Crippen LogP) is 2.19. The van der Waals surface area contributed by atoms with E-state index >= 15 is 0 Å². The molecule has 182 valence electrons. The molecule has 9 nitrogen and oxygen atoms in total. The van der Waals surface area contributed by atoms with E-state index in [2.05, 4.69) is 57.9 Å². The van der Waals surface area contributed by atoms with Crippen molar-refractivity contribution in [3.8, 4) is 11.3 Å². The van der Waals surface area contributed by atoms with Crippen molar-refractivity contribution in [2.75, 3.05) is 76.2 Å². The number of benzene rings is 1. The van der Waals surface area contributed by atoms with Crippen LogP contribution < -0.4 is 10.6 Å². The van der Waals surface area contributed by atoms with Crippen LogP contribution in [0.25, 0.3) is 22.3 Å². The number of nitrogens with two attached hydrogens (primary N) is 1. The number of hydrogen-bond donors (Lipinski definition) is 1. The summed E-state index contributed by atoms with van der Waals surface area (Å²) in [6.07, 6.45) is 0. The summed E-state index contributed by atoms with van der Waals surface area (Å²) in [5, 5.41) is 5.41. The highest BCUT2D eigenvalue weighted by molar-refractivity contribution is 5.98. The molecule has 2 fully saturated rings. The maximum absolute atomic E-state index is 6.38. The Balaban J connectivity index is 1.35. The molecule has 2 N–H and O–H groups in total. The lowest BCUT2D eigenvalue weighted by molar-refractivity contribution is 0.0331. The van der Waals surface area contributed by atoms with Crippen LogP contribution in [0.4, 0.5) is 11.8 Å². The smallest absolute Gasteiger partial charge is 0.228 e. The first-order chi connectivity index (χ1) is 16.5. The van der Waals surface area contributed by atoms with Crippen LogP contribution in [-0.4, -0.2) is 95.1 Å². The second kappa shape index (κ2) is 9.85. The number of aryl methyl sites for hydroxylation is 1. The monoisotopic (exact) mass is 464 g/mol. The molecule has 0 saturated carbocycles. The van der Waals surface area contributed by atoms with Gasteiger partial charge >= 0.3 is 0 Å². The standard InChI is InChI=1S/C25H36N8O/c1-18(2)19-4-6-20(7-5-19)22-21-23(26)30(3)29-24(21)28-25(27-22)33-12-10-31(11-13-33)8-9-32-14-16-34-17-15-32/h4-7,18H,8-17,26H2,1-3H3. The molecule has 0 bridgehead atoms. The third kappa shape index (κ3) is 4.73. The number of morpholine rings is 1. The number of rotatable bonds is 6. The van der Waals surface area contributed by atoms with Gasteiger partial charge in [0.05, 0.1) is 24.3 Å². The molecule has 0 radical (unpaired) electrons. The molecule has 0 unspecified atom stereocenters. The van der Waals surface area contributed by atoms with E-state index in [9.17, 15) is 0 Å². The number of fused-ring (bicyclic) bond motifs is 1. The van der Waals surface area contributed by atoms with Crippen LogP contribution in [0.3, 0.4) is 0 Å². The van der Waals surface area contributed by atoms with Gasteiger partial charge in [-0.2, -0.15) is 10.1 Å². The lowest BCUT2D eigenvalue weighted by Gasteiger charge is -2.36. The van der Waals surface area contributed by atoms with Crippen molar-refractivity contribution < 1.29 is 4.74 Å². The Morgan fingerprint density at radius 1 is 0.912 bits per heavy atom.